The third-order valence-electron chi connectivity index (χ3n) is 1.80. The molecular formula is C8H16N2O3. The van der Waals surface area contributed by atoms with E-state index in [0.29, 0.717) is 0 Å². The van der Waals surface area contributed by atoms with Gasteiger partial charge in [-0.15, -0.1) is 0 Å². The predicted molar refractivity (Wildman–Crippen MR) is 48.7 cm³/mol. The van der Waals surface area contributed by atoms with Gasteiger partial charge in [0.05, 0.1) is 19.6 Å². The topological polar surface area (TPSA) is 43.3 Å². The van der Waals surface area contributed by atoms with Gasteiger partial charge in [0.15, 0.2) is 0 Å². The minimum atomic E-state index is -0.497. The Morgan fingerprint density at radius 3 is 2.46 bits per heavy atom. The van der Waals surface area contributed by atoms with Gasteiger partial charge in [-0.2, -0.15) is 0 Å². The monoisotopic (exact) mass is 188 g/mol. The molecule has 0 aliphatic carbocycles. The number of hydrogen-bond donors (Lipinski definition) is 0. The number of nitrogens with zero attached hydrogens (tertiary/aromatic N) is 2. The normalized spacial score (nSPS) is 18.8. The summed E-state index contributed by atoms with van der Waals surface area (Å²) < 4.78 is 15.0. The van der Waals surface area contributed by atoms with Gasteiger partial charge in [0.1, 0.15) is 0 Å². The van der Waals surface area contributed by atoms with Gasteiger partial charge in [0.2, 0.25) is 0 Å². The summed E-state index contributed by atoms with van der Waals surface area (Å²) in [5.74, 6) is 0. The van der Waals surface area contributed by atoms with Crippen molar-refractivity contribution in [3.05, 3.63) is 0 Å². The Balaban J connectivity index is 2.27. The van der Waals surface area contributed by atoms with Crippen molar-refractivity contribution in [1.82, 2.24) is 4.90 Å². The Kier molecular flexibility index (Phi) is 4.74. The molecule has 0 spiro atoms. The summed E-state index contributed by atoms with van der Waals surface area (Å²) in [4.78, 5) is 6.16. The maximum atomic E-state index is 5.19. The van der Waals surface area contributed by atoms with Crippen LogP contribution in [0.25, 0.3) is 0 Å². The van der Waals surface area contributed by atoms with E-state index in [4.69, 9.17) is 14.2 Å². The van der Waals surface area contributed by atoms with E-state index in [9.17, 15) is 0 Å². The minimum Gasteiger partial charge on any atom is -0.378 e. The molecule has 0 aromatic heterocycles. The first-order valence-electron chi connectivity index (χ1n) is 4.27. The van der Waals surface area contributed by atoms with Gasteiger partial charge in [0, 0.05) is 27.3 Å². The van der Waals surface area contributed by atoms with Crippen LogP contribution in [-0.2, 0) is 14.2 Å². The smallest absolute Gasteiger partial charge is 0.259 e. The van der Waals surface area contributed by atoms with E-state index >= 15 is 0 Å². The van der Waals surface area contributed by atoms with E-state index in [-0.39, 0.29) is 0 Å². The Hall–Kier alpha value is -0.650. The van der Waals surface area contributed by atoms with E-state index in [1.165, 1.54) is 0 Å². The largest absolute Gasteiger partial charge is 0.378 e. The van der Waals surface area contributed by atoms with Gasteiger partial charge in [-0.1, -0.05) is 0 Å². The highest BCUT2D eigenvalue weighted by Gasteiger charge is 2.07. The SMILES string of the molecule is COC(N=CN1CCOCC1)OC. The van der Waals surface area contributed by atoms with Crippen LogP contribution >= 0.6 is 0 Å². The van der Waals surface area contributed by atoms with Gasteiger partial charge < -0.3 is 19.1 Å². The number of morpholine rings is 1. The molecule has 1 fully saturated rings. The molecule has 0 bridgehead atoms. The van der Waals surface area contributed by atoms with Crippen LogP contribution < -0.4 is 0 Å². The van der Waals surface area contributed by atoms with Gasteiger partial charge >= 0.3 is 0 Å². The lowest BCUT2D eigenvalue weighted by Crippen LogP contribution is -2.35. The molecule has 5 heteroatoms. The van der Waals surface area contributed by atoms with Crippen LogP contribution in [0.15, 0.2) is 4.99 Å². The van der Waals surface area contributed by atoms with Crippen molar-refractivity contribution >= 4 is 6.34 Å². The van der Waals surface area contributed by atoms with Crippen molar-refractivity contribution in [2.24, 2.45) is 4.99 Å². The van der Waals surface area contributed by atoms with Crippen molar-refractivity contribution in [3.8, 4) is 0 Å². The first-order valence-corrected chi connectivity index (χ1v) is 4.27. The average Bonchev–Trinajstić information content (AvgIpc) is 2.21. The standard InChI is InChI=1S/C8H16N2O3/c1-11-8(12-2)9-7-10-3-5-13-6-4-10/h7-8H,3-6H2,1-2H3. The number of aliphatic imine (C=N–C) groups is 1. The Morgan fingerprint density at radius 1 is 1.31 bits per heavy atom. The fraction of sp³-hybridized carbons (Fsp3) is 0.875. The maximum absolute atomic E-state index is 5.19. The molecule has 0 radical (unpaired) electrons. The quantitative estimate of drug-likeness (QED) is 0.352. The van der Waals surface area contributed by atoms with E-state index in [2.05, 4.69) is 9.89 Å². The molecule has 0 aromatic carbocycles. The zero-order valence-corrected chi connectivity index (χ0v) is 8.10. The predicted octanol–water partition coefficient (Wildman–Crippen LogP) is -0.0767. The molecule has 1 aliphatic rings. The summed E-state index contributed by atoms with van der Waals surface area (Å²) >= 11 is 0. The first kappa shape index (κ1) is 10.4. The lowest BCUT2D eigenvalue weighted by molar-refractivity contribution is -0.0949. The molecule has 76 valence electrons. The van der Waals surface area contributed by atoms with E-state index in [0.717, 1.165) is 26.3 Å². The fourth-order valence-corrected chi connectivity index (χ4v) is 1.06. The Labute approximate surface area is 78.3 Å². The zero-order chi connectivity index (χ0) is 9.52. The third kappa shape index (κ3) is 3.71. The number of ether oxygens (including phenoxy) is 3. The summed E-state index contributed by atoms with van der Waals surface area (Å²) in [5.41, 5.74) is 0. The highest BCUT2D eigenvalue weighted by atomic mass is 16.7. The molecule has 13 heavy (non-hydrogen) atoms. The van der Waals surface area contributed by atoms with E-state index < -0.39 is 6.41 Å². The minimum absolute atomic E-state index is 0.497. The van der Waals surface area contributed by atoms with Gasteiger partial charge in [0.25, 0.3) is 6.41 Å². The van der Waals surface area contributed by atoms with E-state index in [1.54, 1.807) is 20.6 Å². The Morgan fingerprint density at radius 2 is 1.92 bits per heavy atom. The highest BCUT2D eigenvalue weighted by Crippen LogP contribution is 1.96. The fourth-order valence-electron chi connectivity index (χ4n) is 1.06. The van der Waals surface area contributed by atoms with Gasteiger partial charge in [-0.3, -0.25) is 0 Å². The molecule has 1 aliphatic heterocycles. The maximum Gasteiger partial charge on any atom is 0.259 e. The number of methoxy groups -OCH3 is 2. The number of hydrogen-bond acceptors (Lipinski definition) is 4. The van der Waals surface area contributed by atoms with Crippen molar-refractivity contribution < 1.29 is 14.2 Å². The number of rotatable bonds is 4. The van der Waals surface area contributed by atoms with E-state index in [1.807, 2.05) is 0 Å². The molecule has 0 unspecified atom stereocenters. The van der Waals surface area contributed by atoms with Gasteiger partial charge in [-0.25, -0.2) is 4.99 Å². The van der Waals surface area contributed by atoms with Crippen LogP contribution in [0.3, 0.4) is 0 Å². The molecule has 1 heterocycles. The summed E-state index contributed by atoms with van der Waals surface area (Å²) in [7, 11) is 3.12. The van der Waals surface area contributed by atoms with Crippen LogP contribution in [0.5, 0.6) is 0 Å². The molecule has 1 rings (SSSR count). The van der Waals surface area contributed by atoms with Crippen LogP contribution in [0.4, 0.5) is 0 Å². The van der Waals surface area contributed by atoms with Crippen LogP contribution in [0, 0.1) is 0 Å². The first-order chi connectivity index (χ1) is 6.36. The van der Waals surface area contributed by atoms with Crippen molar-refractivity contribution in [2.45, 2.75) is 6.41 Å². The molecule has 0 aromatic rings. The third-order valence-corrected chi connectivity index (χ3v) is 1.80. The van der Waals surface area contributed by atoms with Crippen molar-refractivity contribution in [2.75, 3.05) is 40.5 Å². The van der Waals surface area contributed by atoms with Crippen LogP contribution in [0.1, 0.15) is 0 Å². The van der Waals surface area contributed by atoms with Crippen molar-refractivity contribution in [3.63, 3.8) is 0 Å². The summed E-state index contributed by atoms with van der Waals surface area (Å²) in [6.07, 6.45) is 1.25. The zero-order valence-electron chi connectivity index (χ0n) is 8.10. The molecule has 0 atom stereocenters. The average molecular weight is 188 g/mol. The molecule has 0 saturated carbocycles. The van der Waals surface area contributed by atoms with Gasteiger partial charge in [-0.05, 0) is 0 Å². The lowest BCUT2D eigenvalue weighted by Gasteiger charge is -2.24. The summed E-state index contributed by atoms with van der Waals surface area (Å²) in [6, 6.07) is 0. The molecule has 0 N–H and O–H groups in total. The van der Waals surface area contributed by atoms with Crippen molar-refractivity contribution in [1.29, 1.82) is 0 Å². The Bertz CT molecular complexity index is 153. The second kappa shape index (κ2) is 5.90. The summed E-state index contributed by atoms with van der Waals surface area (Å²) in [5, 5.41) is 0. The molecule has 5 nitrogen and oxygen atoms in total. The summed E-state index contributed by atoms with van der Waals surface area (Å²) in [6.45, 7) is 3.28. The second-order valence-corrected chi connectivity index (χ2v) is 2.69. The molecular weight excluding hydrogens is 172 g/mol. The molecule has 1 saturated heterocycles. The van der Waals surface area contributed by atoms with Crippen LogP contribution in [-0.4, -0.2) is 58.2 Å². The molecule has 0 amide bonds. The van der Waals surface area contributed by atoms with Crippen LogP contribution in [0.2, 0.25) is 0 Å². The second-order valence-electron chi connectivity index (χ2n) is 2.69. The lowest BCUT2D eigenvalue weighted by atomic mass is 10.5. The highest BCUT2D eigenvalue weighted by molar-refractivity contribution is 5.54.